The van der Waals surface area contributed by atoms with E-state index in [0.717, 1.165) is 75.0 Å². The molecule has 0 bridgehead atoms. The third kappa shape index (κ3) is 8.57. The van der Waals surface area contributed by atoms with Crippen LogP contribution in [0.2, 0.25) is 0 Å². The molecule has 1 N–H and O–H groups in total. The van der Waals surface area contributed by atoms with Crippen LogP contribution in [-0.4, -0.2) is 95.3 Å². The summed E-state index contributed by atoms with van der Waals surface area (Å²) in [5.74, 6) is 1.74. The monoisotopic (exact) mass is 621 g/mol. The lowest BCUT2D eigenvalue weighted by atomic mass is 9.85. The first-order chi connectivity index (χ1) is 22.1. The number of anilines is 1. The van der Waals surface area contributed by atoms with E-state index in [9.17, 15) is 4.79 Å². The van der Waals surface area contributed by atoms with Gasteiger partial charge < -0.3 is 38.8 Å². The largest absolute Gasteiger partial charge is 0.490 e. The zero-order valence-corrected chi connectivity index (χ0v) is 27.1. The average molecular weight is 622 g/mol. The number of hydrogen-bond acceptors (Lipinski definition) is 8. The first kappa shape index (κ1) is 32.3. The van der Waals surface area contributed by atoms with Crippen LogP contribution in [0.1, 0.15) is 61.6 Å². The van der Waals surface area contributed by atoms with Crippen LogP contribution < -0.4 is 15.0 Å². The van der Waals surface area contributed by atoms with Crippen molar-refractivity contribution in [3.63, 3.8) is 0 Å². The molecule has 4 atom stereocenters. The molecule has 9 nitrogen and oxygen atoms in total. The molecule has 6 rings (SSSR count). The minimum absolute atomic E-state index is 0.0111. The van der Waals surface area contributed by atoms with Crippen molar-refractivity contribution in [3.05, 3.63) is 59.2 Å². The number of amides is 1. The summed E-state index contributed by atoms with van der Waals surface area (Å²) in [4.78, 5) is 17.4. The quantitative estimate of drug-likeness (QED) is 0.291. The number of carbonyl (C=O) groups excluding carboxylic acids is 1. The lowest BCUT2D eigenvalue weighted by Gasteiger charge is -2.39. The summed E-state index contributed by atoms with van der Waals surface area (Å²) in [7, 11) is 1.75. The Morgan fingerprint density at radius 2 is 1.78 bits per heavy atom. The maximum Gasteiger partial charge on any atom is 0.248 e. The molecule has 4 aliphatic rings. The predicted molar refractivity (Wildman–Crippen MR) is 174 cm³/mol. The van der Waals surface area contributed by atoms with Gasteiger partial charge in [0.15, 0.2) is 0 Å². The summed E-state index contributed by atoms with van der Waals surface area (Å²) >= 11 is 0. The van der Waals surface area contributed by atoms with Crippen LogP contribution >= 0.6 is 0 Å². The van der Waals surface area contributed by atoms with Gasteiger partial charge in [-0.3, -0.25) is 4.79 Å². The Hall–Kier alpha value is -2.69. The van der Waals surface area contributed by atoms with E-state index in [1.807, 2.05) is 4.90 Å². The standard InChI is InChI=1S/C36H51N3O6/c1-26-5-3-15-39(26)35(40)25-45-34-21-37-20-33(36(34)30-11-8-28(9-12-30)23-42-22-27-6-7-27)44-24-29-10-13-32-31(19-29)38(16-18-43-32)14-4-17-41-2/h8-13,19,26-27,33-34,36-37H,3-7,14-18,20-25H2,1-2H3/t26-,33+,34-,36-/m1/s1. The van der Waals surface area contributed by atoms with Crippen LogP contribution in [0.15, 0.2) is 42.5 Å². The number of fused-ring (bicyclic) bond motifs is 1. The molecule has 0 aromatic heterocycles. The molecule has 0 unspecified atom stereocenters. The van der Waals surface area contributed by atoms with Crippen molar-refractivity contribution in [1.29, 1.82) is 0 Å². The van der Waals surface area contributed by atoms with E-state index in [0.29, 0.717) is 32.9 Å². The van der Waals surface area contributed by atoms with Crippen LogP contribution in [0.25, 0.3) is 0 Å². The summed E-state index contributed by atoms with van der Waals surface area (Å²) in [6.07, 6.45) is 5.38. The Morgan fingerprint density at radius 1 is 0.978 bits per heavy atom. The molecular formula is C36H51N3O6. The normalized spacial score (nSPS) is 24.8. The second-order valence-corrected chi connectivity index (χ2v) is 13.1. The van der Waals surface area contributed by atoms with Crippen molar-refractivity contribution in [2.24, 2.45) is 5.92 Å². The third-order valence-corrected chi connectivity index (χ3v) is 9.69. The van der Waals surface area contributed by atoms with Crippen molar-refractivity contribution < 1.29 is 28.5 Å². The van der Waals surface area contributed by atoms with E-state index in [4.69, 9.17) is 23.7 Å². The zero-order valence-electron chi connectivity index (χ0n) is 27.1. The number of ether oxygens (including phenoxy) is 5. The van der Waals surface area contributed by atoms with Gasteiger partial charge >= 0.3 is 0 Å². The topological polar surface area (TPSA) is 81.7 Å². The molecule has 246 valence electrons. The summed E-state index contributed by atoms with van der Waals surface area (Å²) < 4.78 is 30.3. The molecule has 3 fully saturated rings. The van der Waals surface area contributed by atoms with Crippen molar-refractivity contribution >= 4 is 11.6 Å². The van der Waals surface area contributed by atoms with Gasteiger partial charge in [0.1, 0.15) is 19.0 Å². The molecule has 45 heavy (non-hydrogen) atoms. The van der Waals surface area contributed by atoms with Crippen LogP contribution in [0, 0.1) is 5.92 Å². The van der Waals surface area contributed by atoms with Crippen molar-refractivity contribution in [1.82, 2.24) is 10.2 Å². The average Bonchev–Trinajstić information content (AvgIpc) is 3.79. The van der Waals surface area contributed by atoms with Crippen LogP contribution in [-0.2, 0) is 37.0 Å². The highest BCUT2D eigenvalue weighted by atomic mass is 16.5. The number of piperidine rings is 1. The number of methoxy groups -OCH3 is 1. The summed E-state index contributed by atoms with van der Waals surface area (Å²) in [6.45, 7) is 9.62. The molecule has 3 heterocycles. The molecular weight excluding hydrogens is 570 g/mol. The van der Waals surface area contributed by atoms with Gasteiger partial charge in [-0.2, -0.15) is 0 Å². The fraction of sp³-hybridized carbons (Fsp3) is 0.639. The van der Waals surface area contributed by atoms with Crippen molar-refractivity contribution in [3.8, 4) is 5.75 Å². The second kappa shape index (κ2) is 15.7. The predicted octanol–water partition coefficient (Wildman–Crippen LogP) is 4.52. The Bertz CT molecular complexity index is 1240. The fourth-order valence-corrected chi connectivity index (χ4v) is 6.89. The molecule has 2 aromatic carbocycles. The maximum absolute atomic E-state index is 13.1. The Labute approximate surface area is 268 Å². The highest BCUT2D eigenvalue weighted by Crippen LogP contribution is 2.35. The van der Waals surface area contributed by atoms with E-state index in [1.54, 1.807) is 7.11 Å². The van der Waals surface area contributed by atoms with E-state index in [2.05, 4.69) is 59.6 Å². The molecule has 0 spiro atoms. The van der Waals surface area contributed by atoms with Gasteiger partial charge in [-0.25, -0.2) is 0 Å². The number of carbonyl (C=O) groups is 1. The summed E-state index contributed by atoms with van der Waals surface area (Å²) in [5, 5.41) is 3.53. The fourth-order valence-electron chi connectivity index (χ4n) is 6.89. The van der Waals surface area contributed by atoms with Gasteiger partial charge in [0.2, 0.25) is 5.91 Å². The van der Waals surface area contributed by atoms with Crippen LogP contribution in [0.5, 0.6) is 5.75 Å². The first-order valence-corrected chi connectivity index (χ1v) is 17.0. The smallest absolute Gasteiger partial charge is 0.248 e. The van der Waals surface area contributed by atoms with Gasteiger partial charge in [-0.15, -0.1) is 0 Å². The lowest BCUT2D eigenvalue weighted by Crippen LogP contribution is -2.51. The van der Waals surface area contributed by atoms with E-state index < -0.39 is 0 Å². The lowest BCUT2D eigenvalue weighted by molar-refractivity contribution is -0.141. The first-order valence-electron chi connectivity index (χ1n) is 17.0. The van der Waals surface area contributed by atoms with Crippen molar-refractivity contribution in [2.75, 3.05) is 71.2 Å². The number of benzene rings is 2. The minimum atomic E-state index is -0.184. The molecule has 1 amide bonds. The van der Waals surface area contributed by atoms with E-state index in [1.165, 1.54) is 24.0 Å². The molecule has 2 saturated heterocycles. The van der Waals surface area contributed by atoms with Crippen LogP contribution in [0.3, 0.4) is 0 Å². The van der Waals surface area contributed by atoms with Gasteiger partial charge in [0.05, 0.1) is 37.7 Å². The Morgan fingerprint density at radius 3 is 2.53 bits per heavy atom. The Balaban J connectivity index is 1.14. The Kier molecular flexibility index (Phi) is 11.3. The highest BCUT2D eigenvalue weighted by molar-refractivity contribution is 5.78. The molecule has 0 radical (unpaired) electrons. The molecule has 1 saturated carbocycles. The number of hydrogen-bond donors (Lipinski definition) is 1. The number of nitrogens with one attached hydrogen (secondary N) is 1. The minimum Gasteiger partial charge on any atom is -0.490 e. The van der Waals surface area contributed by atoms with E-state index >= 15 is 0 Å². The third-order valence-electron chi connectivity index (χ3n) is 9.69. The number of nitrogens with zero attached hydrogens (tertiary/aromatic N) is 2. The SMILES string of the molecule is COCCCN1CCOc2ccc(CO[C@H]3CNC[C@@H](OCC(=O)N4CCC[C@H]4C)[C@@H]3c3ccc(COCC4CC4)cc3)cc21. The second-order valence-electron chi connectivity index (χ2n) is 13.1. The van der Waals surface area contributed by atoms with Crippen molar-refractivity contribution in [2.45, 2.75) is 76.4 Å². The van der Waals surface area contributed by atoms with Gasteiger partial charge in [0.25, 0.3) is 0 Å². The zero-order chi connectivity index (χ0) is 31.0. The molecule has 3 aliphatic heterocycles. The van der Waals surface area contributed by atoms with E-state index in [-0.39, 0.29) is 36.7 Å². The van der Waals surface area contributed by atoms with Gasteiger partial charge in [-0.05, 0) is 73.8 Å². The number of likely N-dealkylation sites (tertiary alicyclic amines) is 1. The maximum atomic E-state index is 13.1. The molecule has 1 aliphatic carbocycles. The number of rotatable bonds is 15. The van der Waals surface area contributed by atoms with Crippen LogP contribution in [0.4, 0.5) is 5.69 Å². The van der Waals surface area contributed by atoms with Gasteiger partial charge in [-0.1, -0.05) is 30.3 Å². The summed E-state index contributed by atoms with van der Waals surface area (Å²) in [5.41, 5.74) is 4.57. The summed E-state index contributed by atoms with van der Waals surface area (Å²) in [6, 6.07) is 15.4. The molecule has 2 aromatic rings. The molecule has 9 heteroatoms. The highest BCUT2D eigenvalue weighted by Gasteiger charge is 2.37. The van der Waals surface area contributed by atoms with Gasteiger partial charge in [0, 0.05) is 58.5 Å².